The lowest BCUT2D eigenvalue weighted by Crippen LogP contribution is -2.42. The Bertz CT molecular complexity index is 850. The number of carboxylic acids is 1. The fraction of sp³-hybridized carbons (Fsp3) is 0.278. The van der Waals surface area contributed by atoms with Crippen molar-refractivity contribution in [3.05, 3.63) is 48.0 Å². The van der Waals surface area contributed by atoms with Crippen molar-refractivity contribution in [1.82, 2.24) is 5.32 Å². The van der Waals surface area contributed by atoms with E-state index in [0.29, 0.717) is 5.56 Å². The Morgan fingerprint density at radius 2 is 1.74 bits per heavy atom. The number of carbonyl (C=O) groups excluding carboxylic acids is 2. The summed E-state index contributed by atoms with van der Waals surface area (Å²) in [6.07, 6.45) is -1.23. The largest absolute Gasteiger partial charge is 0.480 e. The molecule has 0 aliphatic carbocycles. The first-order valence-electron chi connectivity index (χ1n) is 7.90. The predicted molar refractivity (Wildman–Crippen MR) is 104 cm³/mol. The van der Waals surface area contributed by atoms with E-state index in [0.717, 1.165) is 10.8 Å². The summed E-state index contributed by atoms with van der Waals surface area (Å²) < 4.78 is 2.83. The molecule has 1 amide bonds. The Morgan fingerprint density at radius 3 is 2.37 bits per heavy atom. The van der Waals surface area contributed by atoms with Crippen molar-refractivity contribution in [3.63, 3.8) is 0 Å². The summed E-state index contributed by atoms with van der Waals surface area (Å²) in [7, 11) is 0. The van der Waals surface area contributed by atoms with Crippen LogP contribution in [-0.4, -0.2) is 39.4 Å². The van der Waals surface area contributed by atoms with Crippen molar-refractivity contribution < 1.29 is 24.2 Å². The normalized spacial score (nSPS) is 12.4. The van der Waals surface area contributed by atoms with Gasteiger partial charge in [-0.3, -0.25) is 4.79 Å². The molecule has 0 saturated carbocycles. The highest BCUT2D eigenvalue weighted by Gasteiger charge is 2.25. The van der Waals surface area contributed by atoms with Gasteiger partial charge >= 0.3 is 12.1 Å². The number of hydrogen-bond donors (Lipinski definition) is 2. The van der Waals surface area contributed by atoms with E-state index in [4.69, 9.17) is 34.8 Å². The number of rotatable bonds is 7. The van der Waals surface area contributed by atoms with Gasteiger partial charge in [0.05, 0.1) is 0 Å². The number of amides is 1. The van der Waals surface area contributed by atoms with Crippen molar-refractivity contribution in [2.75, 3.05) is 6.61 Å². The Morgan fingerprint density at radius 1 is 1.07 bits per heavy atom. The van der Waals surface area contributed by atoms with Gasteiger partial charge in [0.15, 0.2) is 5.78 Å². The number of aliphatic carboxylic acids is 1. The number of halogens is 3. The van der Waals surface area contributed by atoms with Crippen molar-refractivity contribution >= 4 is 63.4 Å². The summed E-state index contributed by atoms with van der Waals surface area (Å²) in [5, 5.41) is 13.3. The Balaban J connectivity index is 1.94. The van der Waals surface area contributed by atoms with Gasteiger partial charge in [-0.05, 0) is 23.3 Å². The number of benzene rings is 2. The molecule has 0 heterocycles. The van der Waals surface area contributed by atoms with Crippen molar-refractivity contribution in [2.24, 2.45) is 0 Å². The second kappa shape index (κ2) is 9.26. The van der Waals surface area contributed by atoms with Gasteiger partial charge in [0.25, 0.3) is 0 Å². The smallest absolute Gasteiger partial charge is 0.407 e. The van der Waals surface area contributed by atoms with Gasteiger partial charge in [0, 0.05) is 12.0 Å². The first-order valence-corrected chi connectivity index (χ1v) is 9.04. The van der Waals surface area contributed by atoms with Crippen LogP contribution in [0.1, 0.15) is 23.2 Å². The molecule has 6 nitrogen and oxygen atoms in total. The summed E-state index contributed by atoms with van der Waals surface area (Å²) in [5.41, 5.74) is 0.469. The molecule has 0 aliphatic rings. The van der Waals surface area contributed by atoms with Gasteiger partial charge in [-0.1, -0.05) is 71.2 Å². The SMILES string of the molecule is O=C(NC(CCC(=O)c1ccc2ccccc2c1)C(=O)O)OCC(Cl)(Cl)Cl. The molecule has 0 spiro atoms. The molecule has 9 heteroatoms. The summed E-state index contributed by atoms with van der Waals surface area (Å²) in [5.74, 6) is -1.53. The minimum absolute atomic E-state index is 0.0694. The van der Waals surface area contributed by atoms with Crippen molar-refractivity contribution in [3.8, 4) is 0 Å². The molecular weight excluding hydrogens is 417 g/mol. The van der Waals surface area contributed by atoms with E-state index < -0.39 is 28.5 Å². The van der Waals surface area contributed by atoms with Gasteiger partial charge < -0.3 is 15.2 Å². The van der Waals surface area contributed by atoms with Gasteiger partial charge in [0.2, 0.25) is 3.79 Å². The van der Waals surface area contributed by atoms with Crippen LogP contribution in [0.25, 0.3) is 10.8 Å². The molecule has 1 atom stereocenters. The second-order valence-electron chi connectivity index (χ2n) is 5.75. The zero-order valence-corrected chi connectivity index (χ0v) is 16.2. The maximum Gasteiger partial charge on any atom is 0.407 e. The van der Waals surface area contributed by atoms with Crippen LogP contribution in [0, 0.1) is 0 Å². The molecule has 0 saturated heterocycles. The predicted octanol–water partition coefficient (Wildman–Crippen LogP) is 4.35. The number of alkyl halides is 3. The third kappa shape index (κ3) is 6.90. The van der Waals surface area contributed by atoms with E-state index in [2.05, 4.69) is 10.1 Å². The number of hydrogen-bond acceptors (Lipinski definition) is 4. The zero-order valence-electron chi connectivity index (χ0n) is 14.0. The summed E-state index contributed by atoms with van der Waals surface area (Å²) in [4.78, 5) is 35.3. The molecule has 1 unspecified atom stereocenters. The number of alkyl carbamates (subject to hydrolysis) is 1. The van der Waals surface area contributed by atoms with E-state index in [9.17, 15) is 19.5 Å². The number of ketones is 1. The van der Waals surface area contributed by atoms with Crippen LogP contribution in [-0.2, 0) is 9.53 Å². The Hall–Kier alpha value is -2.02. The average Bonchev–Trinajstić information content (AvgIpc) is 2.61. The molecule has 0 aromatic heterocycles. The van der Waals surface area contributed by atoms with Crippen LogP contribution in [0.2, 0.25) is 0 Å². The number of ether oxygens (including phenoxy) is 1. The van der Waals surface area contributed by atoms with Gasteiger partial charge in [0.1, 0.15) is 12.6 Å². The first kappa shape index (κ1) is 21.3. The molecule has 27 heavy (non-hydrogen) atoms. The fourth-order valence-corrected chi connectivity index (χ4v) is 2.53. The van der Waals surface area contributed by atoms with Gasteiger partial charge in [-0.25, -0.2) is 9.59 Å². The zero-order chi connectivity index (χ0) is 20.0. The lowest BCUT2D eigenvalue weighted by molar-refractivity contribution is -0.139. The van der Waals surface area contributed by atoms with E-state index in [1.54, 1.807) is 12.1 Å². The monoisotopic (exact) mass is 431 g/mol. The van der Waals surface area contributed by atoms with E-state index >= 15 is 0 Å². The maximum atomic E-state index is 12.4. The quantitative estimate of drug-likeness (QED) is 0.501. The van der Waals surface area contributed by atoms with Crippen LogP contribution < -0.4 is 5.32 Å². The number of Topliss-reactive ketones (excluding diaryl/α,β-unsaturated/α-hetero) is 1. The lowest BCUT2D eigenvalue weighted by Gasteiger charge is -2.16. The fourth-order valence-electron chi connectivity index (χ4n) is 2.37. The summed E-state index contributed by atoms with van der Waals surface area (Å²) in [6.45, 7) is -0.536. The van der Waals surface area contributed by atoms with Crippen LogP contribution >= 0.6 is 34.8 Å². The second-order valence-corrected chi connectivity index (χ2v) is 8.27. The number of fused-ring (bicyclic) bond motifs is 1. The molecule has 144 valence electrons. The molecular formula is C18H16Cl3NO5. The molecule has 2 aromatic rings. The van der Waals surface area contributed by atoms with E-state index in [1.807, 2.05) is 30.3 Å². The highest BCUT2D eigenvalue weighted by atomic mass is 35.6. The van der Waals surface area contributed by atoms with Crippen LogP contribution in [0.4, 0.5) is 4.79 Å². The topological polar surface area (TPSA) is 92.7 Å². The maximum absolute atomic E-state index is 12.4. The third-order valence-electron chi connectivity index (χ3n) is 3.69. The highest BCUT2D eigenvalue weighted by molar-refractivity contribution is 6.67. The van der Waals surface area contributed by atoms with Gasteiger partial charge in [-0.15, -0.1) is 0 Å². The van der Waals surface area contributed by atoms with Crippen molar-refractivity contribution in [2.45, 2.75) is 22.7 Å². The minimum atomic E-state index is -1.80. The minimum Gasteiger partial charge on any atom is -0.480 e. The molecule has 2 N–H and O–H groups in total. The van der Waals surface area contributed by atoms with Crippen LogP contribution in [0.3, 0.4) is 0 Å². The Labute approximate surface area is 170 Å². The summed E-state index contributed by atoms with van der Waals surface area (Å²) in [6, 6.07) is 11.5. The lowest BCUT2D eigenvalue weighted by atomic mass is 10.0. The molecule has 0 fully saturated rings. The van der Waals surface area contributed by atoms with Crippen molar-refractivity contribution in [1.29, 1.82) is 0 Å². The van der Waals surface area contributed by atoms with E-state index in [-0.39, 0.29) is 18.6 Å². The number of carbonyl (C=O) groups is 3. The molecule has 0 aliphatic heterocycles. The first-order chi connectivity index (χ1) is 12.7. The van der Waals surface area contributed by atoms with Crippen LogP contribution in [0.5, 0.6) is 0 Å². The molecule has 2 aromatic carbocycles. The number of nitrogens with one attached hydrogen (secondary N) is 1. The molecule has 2 rings (SSSR count). The number of carboxylic acid groups (broad SMARTS) is 1. The van der Waals surface area contributed by atoms with Gasteiger partial charge in [-0.2, -0.15) is 0 Å². The Kier molecular flexibility index (Phi) is 7.30. The standard InChI is InChI=1S/C18H16Cl3NO5/c19-18(20,21)10-27-17(26)22-14(16(24)25)7-8-15(23)13-6-5-11-3-1-2-4-12(11)9-13/h1-6,9,14H,7-8,10H2,(H,22,26)(H,24,25). The third-order valence-corrected chi connectivity index (χ3v) is 4.02. The summed E-state index contributed by atoms with van der Waals surface area (Å²) >= 11 is 16.4. The molecule has 0 radical (unpaired) electrons. The van der Waals surface area contributed by atoms with E-state index in [1.165, 1.54) is 0 Å². The molecule has 0 bridgehead atoms. The average molecular weight is 433 g/mol. The highest BCUT2D eigenvalue weighted by Crippen LogP contribution is 2.25. The van der Waals surface area contributed by atoms with Crippen LogP contribution in [0.15, 0.2) is 42.5 Å².